The number of halogens is 2. The van der Waals surface area contributed by atoms with Gasteiger partial charge < -0.3 is 42.9 Å². The molecular weight excluding hydrogens is 392 g/mol. The highest BCUT2D eigenvalue weighted by molar-refractivity contribution is 4.44. The molecule has 0 heterocycles. The van der Waals surface area contributed by atoms with Gasteiger partial charge >= 0.3 is 0 Å². The van der Waals surface area contributed by atoms with Gasteiger partial charge in [-0.25, -0.2) is 0 Å². The molecule has 4 heteroatoms. The average Bonchev–Trinajstić information content (AvgIpc) is 2.22. The highest BCUT2D eigenvalue weighted by atomic mass is 79.9. The van der Waals surface area contributed by atoms with Crippen LogP contribution >= 0.6 is 0 Å². The maximum absolute atomic E-state index is 2.35. The van der Waals surface area contributed by atoms with Crippen molar-refractivity contribution < 1.29 is 42.9 Å². The van der Waals surface area contributed by atoms with Gasteiger partial charge in [0.15, 0.2) is 0 Å². The summed E-state index contributed by atoms with van der Waals surface area (Å²) in [6, 6.07) is 0. The summed E-state index contributed by atoms with van der Waals surface area (Å²) in [7, 11) is 6.87. The third-order valence-corrected chi connectivity index (χ3v) is 3.79. The maximum Gasteiger partial charge on any atom is 0.0840 e. The summed E-state index contributed by atoms with van der Waals surface area (Å²) in [6.45, 7) is 13.6. The Morgan fingerprint density at radius 2 is 1.00 bits per heavy atom. The molecule has 0 rings (SSSR count). The molecule has 0 N–H and O–H groups in total. The normalized spacial score (nSPS) is 10.0. The fraction of sp³-hybridized carbons (Fsp3) is 1.00. The lowest BCUT2D eigenvalue weighted by atomic mass is 10.2. The minimum absolute atomic E-state index is 0. The van der Waals surface area contributed by atoms with Crippen molar-refractivity contribution in [1.82, 2.24) is 0 Å². The van der Waals surface area contributed by atoms with Gasteiger partial charge in [0.25, 0.3) is 0 Å². The number of nitrogens with zero attached hydrogens (tertiary/aromatic N) is 2. The number of quaternary nitrogens is 2. The van der Waals surface area contributed by atoms with Crippen LogP contribution < -0.4 is 34.0 Å². The first-order chi connectivity index (χ1) is 7.39. The molecule has 0 spiro atoms. The van der Waals surface area contributed by atoms with Crippen molar-refractivity contribution in [3.63, 3.8) is 0 Å². The topological polar surface area (TPSA) is 0 Å². The van der Waals surface area contributed by atoms with E-state index in [2.05, 4.69) is 41.9 Å². The van der Waals surface area contributed by atoms with E-state index >= 15 is 0 Å². The van der Waals surface area contributed by atoms with Gasteiger partial charge in [-0.05, 0) is 20.3 Å². The first-order valence-corrected chi connectivity index (χ1v) is 7.04. The summed E-state index contributed by atoms with van der Waals surface area (Å²) in [6.07, 6.45) is 4.07. The van der Waals surface area contributed by atoms with Gasteiger partial charge in [-0.15, -0.1) is 0 Å². The third kappa shape index (κ3) is 18.8. The van der Waals surface area contributed by atoms with E-state index in [1.54, 1.807) is 0 Å². The molecule has 0 amide bonds. The van der Waals surface area contributed by atoms with Crippen LogP contribution in [0.4, 0.5) is 0 Å². The van der Waals surface area contributed by atoms with Crippen molar-refractivity contribution in [1.29, 1.82) is 0 Å². The smallest absolute Gasteiger partial charge is 0.0840 e. The fourth-order valence-corrected chi connectivity index (χ4v) is 2.34. The van der Waals surface area contributed by atoms with E-state index in [0.717, 1.165) is 4.48 Å². The number of unbranched alkanes of at least 4 members (excludes halogenated alkanes) is 1. The Hall–Kier alpha value is 0.880. The van der Waals surface area contributed by atoms with Gasteiger partial charge in [0, 0.05) is 6.42 Å². The number of hydrogen-bond acceptors (Lipinski definition) is 0. The van der Waals surface area contributed by atoms with Gasteiger partial charge in [0.2, 0.25) is 0 Å². The molecule has 0 saturated carbocycles. The van der Waals surface area contributed by atoms with Crippen LogP contribution in [0.2, 0.25) is 0 Å². The quantitative estimate of drug-likeness (QED) is 0.391. The number of hydrogen-bond donors (Lipinski definition) is 0. The summed E-state index contributed by atoms with van der Waals surface area (Å²) >= 11 is 0. The highest BCUT2D eigenvalue weighted by Crippen LogP contribution is 2.11. The van der Waals surface area contributed by atoms with Gasteiger partial charge in [-0.1, -0.05) is 35.6 Å². The second-order valence-corrected chi connectivity index (χ2v) is 6.14. The molecule has 0 aromatic heterocycles. The molecule has 138 valence electrons. The third-order valence-electron chi connectivity index (χ3n) is 3.79. The molecule has 0 aromatic rings. The van der Waals surface area contributed by atoms with Crippen molar-refractivity contribution in [3.05, 3.63) is 0 Å². The minimum atomic E-state index is 0. The van der Waals surface area contributed by atoms with E-state index in [1.165, 1.54) is 56.5 Å². The number of rotatable bonds is 9. The first kappa shape index (κ1) is 37.8. The predicted molar refractivity (Wildman–Crippen MR) is 93.7 cm³/mol. The largest absolute Gasteiger partial charge is 1.00 e. The van der Waals surface area contributed by atoms with E-state index in [0.29, 0.717) is 0 Å². The van der Waals surface area contributed by atoms with Crippen LogP contribution in [0.25, 0.3) is 0 Å². The van der Waals surface area contributed by atoms with Crippen LogP contribution in [0.5, 0.6) is 0 Å². The van der Waals surface area contributed by atoms with Crippen LogP contribution in [0.15, 0.2) is 0 Å². The Morgan fingerprint density at radius 3 is 1.29 bits per heavy atom. The van der Waals surface area contributed by atoms with Crippen molar-refractivity contribution in [2.24, 2.45) is 0 Å². The van der Waals surface area contributed by atoms with E-state index in [1.807, 2.05) is 0 Å². The molecule has 0 unspecified atom stereocenters. The van der Waals surface area contributed by atoms with Crippen LogP contribution in [0.1, 0.15) is 62.3 Å². The summed E-state index contributed by atoms with van der Waals surface area (Å²) in [5.41, 5.74) is 0. The van der Waals surface area contributed by atoms with Crippen LogP contribution in [0.3, 0.4) is 0 Å². The standard InChI is InChI=1S/C14H34N2.3CH4.2BrH/c1-7-10-13-16(8-2,9-3)14-11-12-15(4,5)6;;;;;/h7-14H2,1-6H3;3*1H4;2*1H/q+2;;;;;/p-2. The zero-order valence-electron chi connectivity index (χ0n) is 13.3. The van der Waals surface area contributed by atoms with Crippen LogP contribution in [0, 0.1) is 0 Å². The van der Waals surface area contributed by atoms with E-state index in [9.17, 15) is 0 Å². The Balaban J connectivity index is -0.000000112. The van der Waals surface area contributed by atoms with Crippen LogP contribution in [-0.4, -0.2) is 62.8 Å². The second-order valence-electron chi connectivity index (χ2n) is 6.14. The zero-order valence-corrected chi connectivity index (χ0v) is 16.5. The monoisotopic (exact) mass is 436 g/mol. The molecule has 0 aliphatic carbocycles. The summed E-state index contributed by atoms with van der Waals surface area (Å²) in [5, 5.41) is 0. The van der Waals surface area contributed by atoms with Crippen molar-refractivity contribution >= 4 is 0 Å². The Bertz CT molecular complexity index is 176. The molecular formula is C17H46Br2N2. The molecule has 0 atom stereocenters. The minimum Gasteiger partial charge on any atom is -1.00 e. The average molecular weight is 438 g/mol. The van der Waals surface area contributed by atoms with E-state index < -0.39 is 0 Å². The van der Waals surface area contributed by atoms with E-state index in [-0.39, 0.29) is 56.2 Å². The van der Waals surface area contributed by atoms with Gasteiger partial charge in [-0.2, -0.15) is 0 Å². The van der Waals surface area contributed by atoms with Gasteiger partial charge in [0.1, 0.15) is 0 Å². The van der Waals surface area contributed by atoms with Crippen molar-refractivity contribution in [2.75, 3.05) is 53.9 Å². The molecule has 0 radical (unpaired) electrons. The van der Waals surface area contributed by atoms with Gasteiger partial charge in [0.05, 0.1) is 53.9 Å². The summed E-state index contributed by atoms with van der Waals surface area (Å²) < 4.78 is 2.43. The molecule has 0 aliphatic rings. The molecule has 0 aromatic carbocycles. The van der Waals surface area contributed by atoms with Crippen molar-refractivity contribution in [2.45, 2.75) is 62.3 Å². The molecule has 0 bridgehead atoms. The lowest BCUT2D eigenvalue weighted by Crippen LogP contribution is -3.00. The fourth-order valence-electron chi connectivity index (χ4n) is 2.34. The molecule has 0 saturated heterocycles. The second kappa shape index (κ2) is 18.9. The Morgan fingerprint density at radius 1 is 0.619 bits per heavy atom. The molecule has 2 nitrogen and oxygen atoms in total. The maximum atomic E-state index is 2.35. The Kier molecular flexibility index (Phi) is 34.1. The van der Waals surface area contributed by atoms with Gasteiger partial charge in [-0.3, -0.25) is 0 Å². The lowest BCUT2D eigenvalue weighted by molar-refractivity contribution is -0.930. The lowest BCUT2D eigenvalue weighted by Gasteiger charge is -2.37. The van der Waals surface area contributed by atoms with E-state index in [4.69, 9.17) is 0 Å². The summed E-state index contributed by atoms with van der Waals surface area (Å²) in [4.78, 5) is 0. The first-order valence-electron chi connectivity index (χ1n) is 7.04. The van der Waals surface area contributed by atoms with Crippen molar-refractivity contribution in [3.8, 4) is 0 Å². The Labute approximate surface area is 159 Å². The predicted octanol–water partition coefficient (Wildman–Crippen LogP) is -1.34. The SMILES string of the molecule is C.C.C.CCCC[N+](CC)(CC)CCC[N+](C)(C)C.[Br-].[Br-]. The molecule has 0 aliphatic heterocycles. The summed E-state index contributed by atoms with van der Waals surface area (Å²) in [5.74, 6) is 0. The molecule has 0 fully saturated rings. The highest BCUT2D eigenvalue weighted by Gasteiger charge is 2.23. The van der Waals surface area contributed by atoms with Crippen LogP contribution in [-0.2, 0) is 0 Å². The zero-order chi connectivity index (χ0) is 12.7. The molecule has 21 heavy (non-hydrogen) atoms.